The summed E-state index contributed by atoms with van der Waals surface area (Å²) >= 11 is 0. The molecule has 1 aliphatic carbocycles. The molecular weight excluding hydrogens is 229 g/mol. The van der Waals surface area contributed by atoms with Crippen molar-refractivity contribution in [3.63, 3.8) is 0 Å². The Morgan fingerprint density at radius 3 is 2.65 bits per heavy atom. The molecule has 1 aliphatic heterocycles. The second-order valence-corrected chi connectivity index (χ2v) is 4.86. The van der Waals surface area contributed by atoms with Crippen molar-refractivity contribution in [2.75, 3.05) is 26.2 Å². The number of hydrogen-bond donors (Lipinski definition) is 1. The van der Waals surface area contributed by atoms with Crippen LogP contribution in [0, 0.1) is 0 Å². The molecule has 5 heteroatoms. The van der Waals surface area contributed by atoms with Crippen molar-refractivity contribution in [2.24, 2.45) is 0 Å². The van der Waals surface area contributed by atoms with Gasteiger partial charge in [-0.3, -0.25) is 4.90 Å². The van der Waals surface area contributed by atoms with E-state index in [1.807, 2.05) is 0 Å². The van der Waals surface area contributed by atoms with Gasteiger partial charge in [-0.1, -0.05) is 6.08 Å². The molecule has 0 bridgehead atoms. The van der Waals surface area contributed by atoms with Gasteiger partial charge in [0.1, 0.15) is 0 Å². The number of alkyl halides is 3. The Balaban J connectivity index is 1.62. The topological polar surface area (TPSA) is 15.3 Å². The summed E-state index contributed by atoms with van der Waals surface area (Å²) in [6, 6.07) is 0.716. The minimum absolute atomic E-state index is 0.138. The molecule has 0 spiro atoms. The maximum Gasteiger partial charge on any atom is 0.412 e. The summed E-state index contributed by atoms with van der Waals surface area (Å²) < 4.78 is 37.1. The van der Waals surface area contributed by atoms with Gasteiger partial charge in [-0.05, 0) is 38.8 Å². The number of halogens is 3. The molecule has 2 rings (SSSR count). The maximum atomic E-state index is 12.4. The third-order valence-electron chi connectivity index (χ3n) is 3.32. The number of nitrogens with one attached hydrogen (secondary N) is 1. The van der Waals surface area contributed by atoms with Gasteiger partial charge in [0.25, 0.3) is 0 Å². The van der Waals surface area contributed by atoms with E-state index in [0.29, 0.717) is 19.1 Å². The van der Waals surface area contributed by atoms with E-state index in [9.17, 15) is 13.2 Å². The van der Waals surface area contributed by atoms with Crippen LogP contribution in [0.2, 0.25) is 0 Å². The quantitative estimate of drug-likeness (QED) is 0.593. The molecular formula is C12H19F3N2. The highest BCUT2D eigenvalue weighted by atomic mass is 19.4. The standard InChI is InChI=1S/C12H19F3N2/c13-12(14,15)10-4-8-17(9-5-10)7-1-6-16-11-2-3-11/h4,11,16H,1-3,5-9H2. The SMILES string of the molecule is FC(F)(F)C1=CCN(CCCNC2CC2)CC1. The predicted molar refractivity (Wildman–Crippen MR) is 60.8 cm³/mol. The molecule has 98 valence electrons. The molecule has 1 heterocycles. The summed E-state index contributed by atoms with van der Waals surface area (Å²) in [5, 5.41) is 3.41. The van der Waals surface area contributed by atoms with E-state index in [4.69, 9.17) is 0 Å². The molecule has 1 saturated carbocycles. The Morgan fingerprint density at radius 1 is 1.35 bits per heavy atom. The third kappa shape index (κ3) is 4.32. The average Bonchev–Trinajstić information content (AvgIpc) is 3.08. The van der Waals surface area contributed by atoms with Gasteiger partial charge in [-0.2, -0.15) is 13.2 Å². The van der Waals surface area contributed by atoms with Gasteiger partial charge in [-0.25, -0.2) is 0 Å². The van der Waals surface area contributed by atoms with E-state index in [-0.39, 0.29) is 12.0 Å². The lowest BCUT2D eigenvalue weighted by atomic mass is 10.1. The normalized spacial score (nSPS) is 22.6. The third-order valence-corrected chi connectivity index (χ3v) is 3.32. The van der Waals surface area contributed by atoms with E-state index >= 15 is 0 Å². The van der Waals surface area contributed by atoms with Crippen LogP contribution in [0.15, 0.2) is 11.6 Å². The van der Waals surface area contributed by atoms with Crippen LogP contribution in [0.25, 0.3) is 0 Å². The fourth-order valence-corrected chi connectivity index (χ4v) is 2.07. The van der Waals surface area contributed by atoms with Crippen molar-refractivity contribution < 1.29 is 13.2 Å². The Hall–Kier alpha value is -0.550. The molecule has 0 aromatic heterocycles. The highest BCUT2D eigenvalue weighted by Crippen LogP contribution is 2.30. The summed E-state index contributed by atoms with van der Waals surface area (Å²) in [4.78, 5) is 2.09. The molecule has 0 aromatic rings. The molecule has 2 nitrogen and oxygen atoms in total. The molecule has 0 aromatic carbocycles. The van der Waals surface area contributed by atoms with Crippen LogP contribution in [0.5, 0.6) is 0 Å². The summed E-state index contributed by atoms with van der Waals surface area (Å²) in [6.45, 7) is 2.85. The Bertz CT molecular complexity index is 282. The van der Waals surface area contributed by atoms with Crippen molar-refractivity contribution in [1.29, 1.82) is 0 Å². The van der Waals surface area contributed by atoms with Crippen molar-refractivity contribution in [1.82, 2.24) is 10.2 Å². The van der Waals surface area contributed by atoms with Crippen LogP contribution < -0.4 is 5.32 Å². The molecule has 1 N–H and O–H groups in total. The minimum Gasteiger partial charge on any atom is -0.314 e. The molecule has 2 aliphatic rings. The van der Waals surface area contributed by atoms with Crippen molar-refractivity contribution in [2.45, 2.75) is 37.9 Å². The predicted octanol–water partition coefficient (Wildman–Crippen LogP) is 2.32. The zero-order valence-corrected chi connectivity index (χ0v) is 9.89. The summed E-state index contributed by atoms with van der Waals surface area (Å²) in [6.07, 6.45) is 0.922. The average molecular weight is 248 g/mol. The van der Waals surface area contributed by atoms with Gasteiger partial charge in [0, 0.05) is 24.7 Å². The lowest BCUT2D eigenvalue weighted by Crippen LogP contribution is -2.34. The molecule has 0 radical (unpaired) electrons. The van der Waals surface area contributed by atoms with E-state index in [1.165, 1.54) is 18.9 Å². The van der Waals surface area contributed by atoms with Crippen LogP contribution in [-0.4, -0.2) is 43.3 Å². The molecule has 0 saturated heterocycles. The highest BCUT2D eigenvalue weighted by Gasteiger charge is 2.34. The van der Waals surface area contributed by atoms with Crippen LogP contribution in [0.1, 0.15) is 25.7 Å². The number of nitrogens with zero attached hydrogens (tertiary/aromatic N) is 1. The van der Waals surface area contributed by atoms with Crippen LogP contribution >= 0.6 is 0 Å². The number of hydrogen-bond acceptors (Lipinski definition) is 2. The zero-order valence-electron chi connectivity index (χ0n) is 9.89. The molecule has 0 unspecified atom stereocenters. The van der Waals surface area contributed by atoms with Crippen LogP contribution in [0.4, 0.5) is 13.2 Å². The van der Waals surface area contributed by atoms with Gasteiger partial charge >= 0.3 is 6.18 Å². The maximum absolute atomic E-state index is 12.4. The van der Waals surface area contributed by atoms with E-state index in [1.54, 1.807) is 0 Å². The second kappa shape index (κ2) is 5.40. The molecule has 17 heavy (non-hydrogen) atoms. The fraction of sp³-hybridized carbons (Fsp3) is 0.833. The van der Waals surface area contributed by atoms with Gasteiger partial charge in [0.05, 0.1) is 0 Å². The fourth-order valence-electron chi connectivity index (χ4n) is 2.07. The van der Waals surface area contributed by atoms with E-state index in [0.717, 1.165) is 19.5 Å². The van der Waals surface area contributed by atoms with Crippen molar-refractivity contribution in [3.05, 3.63) is 11.6 Å². The van der Waals surface area contributed by atoms with Crippen molar-refractivity contribution in [3.8, 4) is 0 Å². The second-order valence-electron chi connectivity index (χ2n) is 4.86. The first kappa shape index (κ1) is 12.9. The lowest BCUT2D eigenvalue weighted by molar-refractivity contribution is -0.0960. The Morgan fingerprint density at radius 2 is 2.12 bits per heavy atom. The Labute approximate surface area is 99.9 Å². The van der Waals surface area contributed by atoms with Gasteiger partial charge in [0.15, 0.2) is 0 Å². The summed E-state index contributed by atoms with van der Waals surface area (Å²) in [5.74, 6) is 0. The molecule has 1 fully saturated rings. The van der Waals surface area contributed by atoms with Gasteiger partial charge in [-0.15, -0.1) is 0 Å². The van der Waals surface area contributed by atoms with E-state index < -0.39 is 6.18 Å². The first-order chi connectivity index (χ1) is 8.05. The lowest BCUT2D eigenvalue weighted by Gasteiger charge is -2.27. The highest BCUT2D eigenvalue weighted by molar-refractivity contribution is 5.12. The zero-order chi connectivity index (χ0) is 12.3. The molecule has 0 atom stereocenters. The van der Waals surface area contributed by atoms with Gasteiger partial charge < -0.3 is 5.32 Å². The largest absolute Gasteiger partial charge is 0.412 e. The van der Waals surface area contributed by atoms with Crippen LogP contribution in [-0.2, 0) is 0 Å². The minimum atomic E-state index is -4.13. The molecule has 0 amide bonds. The van der Waals surface area contributed by atoms with Crippen LogP contribution in [0.3, 0.4) is 0 Å². The first-order valence-electron chi connectivity index (χ1n) is 6.27. The Kier molecular flexibility index (Phi) is 4.09. The summed E-state index contributed by atoms with van der Waals surface area (Å²) in [5.41, 5.74) is -0.357. The first-order valence-corrected chi connectivity index (χ1v) is 6.27. The van der Waals surface area contributed by atoms with Crippen molar-refractivity contribution >= 4 is 0 Å². The monoisotopic (exact) mass is 248 g/mol. The van der Waals surface area contributed by atoms with E-state index in [2.05, 4.69) is 10.2 Å². The number of rotatable bonds is 5. The summed E-state index contributed by atoms with van der Waals surface area (Å²) in [7, 11) is 0. The smallest absolute Gasteiger partial charge is 0.314 e. The van der Waals surface area contributed by atoms with Gasteiger partial charge in [0.2, 0.25) is 0 Å².